The van der Waals surface area contributed by atoms with Gasteiger partial charge in [0.2, 0.25) is 0 Å². The van der Waals surface area contributed by atoms with E-state index in [1.54, 1.807) is 43.9 Å². The highest BCUT2D eigenvalue weighted by Crippen LogP contribution is 2.61. The molecule has 3 N–H and O–H groups in total. The molecule has 0 bridgehead atoms. The highest BCUT2D eigenvalue weighted by Gasteiger charge is 2.34. The van der Waals surface area contributed by atoms with E-state index in [1.165, 1.54) is 103 Å². The zero-order valence-corrected chi connectivity index (χ0v) is 24.4. The van der Waals surface area contributed by atoms with E-state index in [9.17, 15) is 0 Å². The topological polar surface area (TPSA) is 35.0 Å². The van der Waals surface area contributed by atoms with Crippen LogP contribution in [0.3, 0.4) is 0 Å². The molecule has 0 saturated heterocycles. The quantitative estimate of drug-likeness (QED) is 0.107. The highest BCUT2D eigenvalue weighted by molar-refractivity contribution is 8.93. The summed E-state index contributed by atoms with van der Waals surface area (Å²) >= 11 is 0. The van der Waals surface area contributed by atoms with Gasteiger partial charge < -0.3 is 6.15 Å². The van der Waals surface area contributed by atoms with Crippen LogP contribution in [0.1, 0.15) is 150 Å². The number of halogens is 1. The van der Waals surface area contributed by atoms with Gasteiger partial charge in [-0.1, -0.05) is 105 Å². The zero-order valence-electron chi connectivity index (χ0n) is 21.8. The summed E-state index contributed by atoms with van der Waals surface area (Å²) in [4.78, 5) is 0. The predicted octanol–water partition coefficient (Wildman–Crippen LogP) is 11.2. The van der Waals surface area contributed by atoms with Crippen LogP contribution in [0.4, 0.5) is 0 Å². The average Bonchev–Trinajstić information content (AvgIpc) is 2.70. The Kier molecular flexibility index (Phi) is 33.0. The monoisotopic (exact) mass is 510 g/mol. The Bertz CT molecular complexity index is 258. The van der Waals surface area contributed by atoms with Crippen molar-refractivity contribution in [3.8, 4) is 0 Å². The van der Waals surface area contributed by atoms with Crippen molar-refractivity contribution >= 4 is 24.2 Å². The van der Waals surface area contributed by atoms with E-state index in [2.05, 4.69) is 27.7 Å². The molecule has 0 aromatic rings. The van der Waals surface area contributed by atoms with Gasteiger partial charge in [-0.15, -0.1) is 17.0 Å². The van der Waals surface area contributed by atoms with E-state index in [4.69, 9.17) is 0 Å². The molecule has 0 aliphatic heterocycles. The predicted molar refractivity (Wildman–Crippen MR) is 152 cm³/mol. The van der Waals surface area contributed by atoms with Crippen LogP contribution in [0.15, 0.2) is 0 Å². The molecular formula is C27H62BrNP+. The largest absolute Gasteiger partial charge is 0.344 e. The molecule has 0 unspecified atom stereocenters. The first-order chi connectivity index (χ1) is 13.7. The first-order valence-corrected chi connectivity index (χ1v) is 16.1. The number of rotatable bonds is 23. The van der Waals surface area contributed by atoms with E-state index in [-0.39, 0.29) is 23.1 Å². The molecule has 0 rings (SSSR count). The van der Waals surface area contributed by atoms with Crippen molar-refractivity contribution < 1.29 is 0 Å². The van der Waals surface area contributed by atoms with Gasteiger partial charge in [0.05, 0.1) is 24.6 Å². The van der Waals surface area contributed by atoms with Crippen molar-refractivity contribution in [3.05, 3.63) is 0 Å². The van der Waals surface area contributed by atoms with Crippen LogP contribution in [0.2, 0.25) is 0 Å². The van der Waals surface area contributed by atoms with Crippen LogP contribution in [0.25, 0.3) is 0 Å². The maximum atomic E-state index is 2.46. The number of unbranched alkanes of at least 4 members (excludes halogenated alkanes) is 15. The Morgan fingerprint density at radius 3 is 0.867 bits per heavy atom. The lowest BCUT2D eigenvalue weighted by atomic mass is 10.1. The molecule has 0 amide bonds. The summed E-state index contributed by atoms with van der Waals surface area (Å²) in [6, 6.07) is 0. The number of hydrogen-bond acceptors (Lipinski definition) is 1. The third-order valence-electron chi connectivity index (χ3n) is 6.66. The molecule has 1 nitrogen and oxygen atoms in total. The summed E-state index contributed by atoms with van der Waals surface area (Å²) in [5.74, 6) is 0. The maximum Gasteiger partial charge on any atom is 0.0594 e. The van der Waals surface area contributed by atoms with Crippen LogP contribution in [0.5, 0.6) is 0 Å². The van der Waals surface area contributed by atoms with Gasteiger partial charge in [-0.05, 0) is 44.9 Å². The Hall–Kier alpha value is 0.870. The van der Waals surface area contributed by atoms with Crippen LogP contribution in [-0.4, -0.2) is 24.6 Å². The molecule has 0 aromatic carbocycles. The first-order valence-electron chi connectivity index (χ1n) is 13.6. The summed E-state index contributed by atoms with van der Waals surface area (Å²) in [5.41, 5.74) is 0. The second-order valence-electron chi connectivity index (χ2n) is 9.54. The fraction of sp³-hybridized carbons (Fsp3) is 1.00. The van der Waals surface area contributed by atoms with Gasteiger partial charge in [-0.2, -0.15) is 0 Å². The van der Waals surface area contributed by atoms with E-state index >= 15 is 0 Å². The summed E-state index contributed by atoms with van der Waals surface area (Å²) in [5, 5.41) is 0. The molecule has 0 heterocycles. The average molecular weight is 512 g/mol. The van der Waals surface area contributed by atoms with Gasteiger partial charge in [0, 0.05) is 7.26 Å². The minimum Gasteiger partial charge on any atom is -0.344 e. The van der Waals surface area contributed by atoms with Crippen LogP contribution < -0.4 is 6.15 Å². The standard InChI is InChI=1S/C27H58P.BrH.H3N/c1-5-9-12-15-18-21-25-28(24-8-4,26-22-19-16-13-10-6-2)27-23-20-17-14-11-7-3;;/h5-27H2,1-4H3;1H;1H3/q+1;;. The first kappa shape index (κ1) is 35.5. The molecule has 0 atom stereocenters. The number of hydrogen-bond donors (Lipinski definition) is 1. The van der Waals surface area contributed by atoms with Gasteiger partial charge in [0.1, 0.15) is 0 Å². The minimum atomic E-state index is -0.663. The molecule has 0 saturated carbocycles. The van der Waals surface area contributed by atoms with Gasteiger partial charge in [0.15, 0.2) is 0 Å². The molecular weight excluding hydrogens is 449 g/mol. The Balaban J connectivity index is -0.00000364. The molecule has 186 valence electrons. The van der Waals surface area contributed by atoms with Gasteiger partial charge in [-0.3, -0.25) is 0 Å². The van der Waals surface area contributed by atoms with E-state index < -0.39 is 7.26 Å². The lowest BCUT2D eigenvalue weighted by Crippen LogP contribution is -2.13. The molecule has 30 heavy (non-hydrogen) atoms. The Labute approximate surface area is 204 Å². The molecule has 0 radical (unpaired) electrons. The van der Waals surface area contributed by atoms with E-state index in [0.29, 0.717) is 0 Å². The minimum absolute atomic E-state index is 0. The highest BCUT2D eigenvalue weighted by atomic mass is 79.9. The summed E-state index contributed by atoms with van der Waals surface area (Å²) in [6.45, 7) is 9.45. The van der Waals surface area contributed by atoms with Crippen molar-refractivity contribution in [1.82, 2.24) is 6.15 Å². The molecule has 0 aliphatic carbocycles. The van der Waals surface area contributed by atoms with Gasteiger partial charge in [0.25, 0.3) is 0 Å². The zero-order chi connectivity index (χ0) is 20.8. The smallest absolute Gasteiger partial charge is 0.0594 e. The third kappa shape index (κ3) is 22.1. The Morgan fingerprint density at radius 2 is 0.600 bits per heavy atom. The van der Waals surface area contributed by atoms with Crippen molar-refractivity contribution in [2.75, 3.05) is 24.6 Å². The summed E-state index contributed by atoms with van der Waals surface area (Å²) in [6.07, 6.45) is 34.5. The van der Waals surface area contributed by atoms with Crippen molar-refractivity contribution in [1.29, 1.82) is 0 Å². The third-order valence-corrected chi connectivity index (χ3v) is 11.8. The summed E-state index contributed by atoms with van der Waals surface area (Å²) in [7, 11) is -0.663. The van der Waals surface area contributed by atoms with Crippen LogP contribution in [-0.2, 0) is 0 Å². The SMILES string of the molecule is Br.CCCCCCCC[P+](CCC)(CCCCCCCC)CCCCCCCC.N. The normalized spacial score (nSPS) is 11.2. The molecule has 0 aromatic heterocycles. The van der Waals surface area contributed by atoms with Gasteiger partial charge >= 0.3 is 0 Å². The Morgan fingerprint density at radius 1 is 0.333 bits per heavy atom. The molecule has 0 aliphatic rings. The molecule has 0 fully saturated rings. The lowest BCUT2D eigenvalue weighted by Gasteiger charge is -2.28. The van der Waals surface area contributed by atoms with Crippen molar-refractivity contribution in [3.63, 3.8) is 0 Å². The fourth-order valence-corrected chi connectivity index (χ4v) is 9.80. The van der Waals surface area contributed by atoms with Gasteiger partial charge in [-0.25, -0.2) is 0 Å². The molecule has 3 heteroatoms. The van der Waals surface area contributed by atoms with E-state index in [0.717, 1.165) is 0 Å². The fourth-order valence-electron chi connectivity index (χ4n) is 4.83. The second kappa shape index (κ2) is 27.9. The van der Waals surface area contributed by atoms with Crippen molar-refractivity contribution in [2.24, 2.45) is 0 Å². The van der Waals surface area contributed by atoms with Crippen LogP contribution >= 0.6 is 24.2 Å². The lowest BCUT2D eigenvalue weighted by molar-refractivity contribution is 0.615. The maximum absolute atomic E-state index is 2.46. The van der Waals surface area contributed by atoms with Crippen LogP contribution in [0, 0.1) is 0 Å². The molecule has 0 spiro atoms. The second-order valence-corrected chi connectivity index (χ2v) is 14.0. The van der Waals surface area contributed by atoms with E-state index in [1.807, 2.05) is 0 Å². The summed E-state index contributed by atoms with van der Waals surface area (Å²) < 4.78 is 0. The van der Waals surface area contributed by atoms with Crippen molar-refractivity contribution in [2.45, 2.75) is 150 Å².